The molecule has 1 fully saturated rings. The van der Waals surface area contributed by atoms with Gasteiger partial charge in [-0.3, -0.25) is 4.79 Å². The first-order valence-corrected chi connectivity index (χ1v) is 6.10. The Bertz CT molecular complexity index is 403. The van der Waals surface area contributed by atoms with Crippen LogP contribution in [0.4, 0.5) is 5.69 Å². The molecule has 0 aromatic heterocycles. The van der Waals surface area contributed by atoms with E-state index < -0.39 is 0 Å². The Morgan fingerprint density at radius 2 is 2.29 bits per heavy atom. The first kappa shape index (κ1) is 12.0. The summed E-state index contributed by atoms with van der Waals surface area (Å²) in [7, 11) is 1.47. The standard InChI is InChI=1S/C14H19NO2/c1-11-5-3-7-13(9-11)15-8-4-6-12(10-15)14(16)17-2/h3,5,7,9,12H,4,6,8,10H2,1-2H3. The zero-order chi connectivity index (χ0) is 12.3. The highest BCUT2D eigenvalue weighted by molar-refractivity contribution is 5.73. The molecule has 1 aliphatic heterocycles. The third-order valence-corrected chi connectivity index (χ3v) is 3.32. The highest BCUT2D eigenvalue weighted by Gasteiger charge is 2.26. The molecule has 1 aliphatic rings. The van der Waals surface area contributed by atoms with Gasteiger partial charge in [-0.1, -0.05) is 12.1 Å². The number of hydrogen-bond donors (Lipinski definition) is 0. The number of anilines is 1. The van der Waals surface area contributed by atoms with Crippen molar-refractivity contribution < 1.29 is 9.53 Å². The lowest BCUT2D eigenvalue weighted by Crippen LogP contribution is -2.39. The van der Waals surface area contributed by atoms with Gasteiger partial charge < -0.3 is 9.64 Å². The fraction of sp³-hybridized carbons (Fsp3) is 0.500. The molecule has 1 heterocycles. The number of aryl methyl sites for hydroxylation is 1. The van der Waals surface area contributed by atoms with Gasteiger partial charge in [0.2, 0.25) is 0 Å². The van der Waals surface area contributed by atoms with Gasteiger partial charge in [-0.05, 0) is 37.5 Å². The molecule has 2 rings (SSSR count). The van der Waals surface area contributed by atoms with Gasteiger partial charge in [-0.25, -0.2) is 0 Å². The minimum absolute atomic E-state index is 0.0225. The Morgan fingerprint density at radius 1 is 1.47 bits per heavy atom. The van der Waals surface area contributed by atoms with Crippen LogP contribution < -0.4 is 4.90 Å². The average molecular weight is 233 g/mol. The van der Waals surface area contributed by atoms with Gasteiger partial charge in [-0.2, -0.15) is 0 Å². The number of carbonyl (C=O) groups is 1. The molecule has 17 heavy (non-hydrogen) atoms. The number of piperidine rings is 1. The maximum absolute atomic E-state index is 11.6. The second-order valence-electron chi connectivity index (χ2n) is 4.65. The van der Waals surface area contributed by atoms with E-state index >= 15 is 0 Å². The Labute approximate surface area is 102 Å². The molecule has 0 aliphatic carbocycles. The molecule has 1 unspecified atom stereocenters. The molecule has 0 radical (unpaired) electrons. The van der Waals surface area contributed by atoms with Gasteiger partial charge in [0.15, 0.2) is 0 Å². The summed E-state index contributed by atoms with van der Waals surface area (Å²) in [5.74, 6) is -0.0587. The van der Waals surface area contributed by atoms with Crippen molar-refractivity contribution in [2.75, 3.05) is 25.1 Å². The Balaban J connectivity index is 2.09. The van der Waals surface area contributed by atoms with Crippen LogP contribution in [0.5, 0.6) is 0 Å². The quantitative estimate of drug-likeness (QED) is 0.734. The lowest BCUT2D eigenvalue weighted by atomic mass is 9.97. The van der Waals surface area contributed by atoms with Crippen molar-refractivity contribution >= 4 is 11.7 Å². The first-order valence-electron chi connectivity index (χ1n) is 6.10. The summed E-state index contributed by atoms with van der Waals surface area (Å²) < 4.78 is 4.83. The van der Waals surface area contributed by atoms with Crippen LogP contribution in [0.25, 0.3) is 0 Å². The number of carbonyl (C=O) groups excluding carboxylic acids is 1. The topological polar surface area (TPSA) is 29.5 Å². The molecule has 1 aromatic rings. The predicted molar refractivity (Wildman–Crippen MR) is 68.1 cm³/mol. The highest BCUT2D eigenvalue weighted by Crippen LogP contribution is 2.24. The normalized spacial score (nSPS) is 20.1. The molecular formula is C14H19NO2. The van der Waals surface area contributed by atoms with E-state index in [1.54, 1.807) is 0 Å². The maximum Gasteiger partial charge on any atom is 0.310 e. The summed E-state index contributed by atoms with van der Waals surface area (Å²) in [4.78, 5) is 13.8. The minimum atomic E-state index is -0.0812. The molecule has 1 atom stereocenters. The Kier molecular flexibility index (Phi) is 3.67. The molecular weight excluding hydrogens is 214 g/mol. The highest BCUT2D eigenvalue weighted by atomic mass is 16.5. The van der Waals surface area contributed by atoms with Gasteiger partial charge in [0, 0.05) is 18.8 Å². The van der Waals surface area contributed by atoms with Crippen LogP contribution in [0.1, 0.15) is 18.4 Å². The van der Waals surface area contributed by atoms with E-state index in [0.29, 0.717) is 0 Å². The lowest BCUT2D eigenvalue weighted by molar-refractivity contribution is -0.145. The molecule has 3 nitrogen and oxygen atoms in total. The van der Waals surface area contributed by atoms with Crippen LogP contribution in [0.15, 0.2) is 24.3 Å². The third kappa shape index (κ3) is 2.78. The van der Waals surface area contributed by atoms with Gasteiger partial charge in [-0.15, -0.1) is 0 Å². The number of ether oxygens (including phenoxy) is 1. The second kappa shape index (κ2) is 5.21. The van der Waals surface area contributed by atoms with Crippen molar-refractivity contribution in [2.24, 2.45) is 5.92 Å². The summed E-state index contributed by atoms with van der Waals surface area (Å²) in [6, 6.07) is 8.42. The lowest BCUT2D eigenvalue weighted by Gasteiger charge is -2.33. The fourth-order valence-electron chi connectivity index (χ4n) is 2.40. The summed E-state index contributed by atoms with van der Waals surface area (Å²) in [5, 5.41) is 0. The predicted octanol–water partition coefficient (Wildman–Crippen LogP) is 2.38. The Hall–Kier alpha value is -1.51. The van der Waals surface area contributed by atoms with Crippen LogP contribution in [-0.4, -0.2) is 26.2 Å². The molecule has 3 heteroatoms. The first-order chi connectivity index (χ1) is 8.20. The van der Waals surface area contributed by atoms with E-state index in [0.717, 1.165) is 25.9 Å². The summed E-state index contributed by atoms with van der Waals surface area (Å²) in [5.41, 5.74) is 2.46. The van der Waals surface area contributed by atoms with Crippen molar-refractivity contribution in [1.29, 1.82) is 0 Å². The van der Waals surface area contributed by atoms with E-state index in [-0.39, 0.29) is 11.9 Å². The Morgan fingerprint density at radius 3 is 3.00 bits per heavy atom. The van der Waals surface area contributed by atoms with Crippen LogP contribution in [-0.2, 0) is 9.53 Å². The van der Waals surface area contributed by atoms with Gasteiger partial charge in [0.05, 0.1) is 13.0 Å². The molecule has 0 amide bonds. The van der Waals surface area contributed by atoms with Crippen molar-refractivity contribution in [2.45, 2.75) is 19.8 Å². The summed E-state index contributed by atoms with van der Waals surface area (Å²) in [6.45, 7) is 3.89. The molecule has 0 N–H and O–H groups in total. The number of benzene rings is 1. The third-order valence-electron chi connectivity index (χ3n) is 3.32. The number of hydrogen-bond acceptors (Lipinski definition) is 3. The molecule has 92 valence electrons. The van der Waals surface area contributed by atoms with Gasteiger partial charge in [0.1, 0.15) is 0 Å². The van der Waals surface area contributed by atoms with E-state index in [1.165, 1.54) is 18.4 Å². The second-order valence-corrected chi connectivity index (χ2v) is 4.65. The number of rotatable bonds is 2. The summed E-state index contributed by atoms with van der Waals surface area (Å²) >= 11 is 0. The molecule has 0 bridgehead atoms. The number of esters is 1. The van der Waals surface area contributed by atoms with Crippen molar-refractivity contribution in [3.05, 3.63) is 29.8 Å². The minimum Gasteiger partial charge on any atom is -0.469 e. The van der Waals surface area contributed by atoms with Crippen LogP contribution in [0.3, 0.4) is 0 Å². The maximum atomic E-state index is 11.6. The van der Waals surface area contributed by atoms with Crippen molar-refractivity contribution in [3.8, 4) is 0 Å². The van der Waals surface area contributed by atoms with Gasteiger partial charge >= 0.3 is 5.97 Å². The fourth-order valence-corrected chi connectivity index (χ4v) is 2.40. The van der Waals surface area contributed by atoms with Crippen LogP contribution in [0.2, 0.25) is 0 Å². The summed E-state index contributed by atoms with van der Waals surface area (Å²) in [6.07, 6.45) is 1.99. The SMILES string of the molecule is COC(=O)C1CCCN(c2cccc(C)c2)C1. The van der Waals surface area contributed by atoms with Crippen molar-refractivity contribution in [1.82, 2.24) is 0 Å². The smallest absolute Gasteiger partial charge is 0.310 e. The molecule has 1 saturated heterocycles. The molecule has 0 saturated carbocycles. The van der Waals surface area contributed by atoms with Gasteiger partial charge in [0.25, 0.3) is 0 Å². The van der Waals surface area contributed by atoms with Crippen LogP contribution in [0, 0.1) is 12.8 Å². The number of nitrogens with zero attached hydrogens (tertiary/aromatic N) is 1. The van der Waals surface area contributed by atoms with Crippen LogP contribution >= 0.6 is 0 Å². The average Bonchev–Trinajstić information content (AvgIpc) is 2.38. The van der Waals surface area contributed by atoms with Crippen molar-refractivity contribution in [3.63, 3.8) is 0 Å². The molecule has 1 aromatic carbocycles. The van der Waals surface area contributed by atoms with E-state index in [9.17, 15) is 4.79 Å². The zero-order valence-corrected chi connectivity index (χ0v) is 10.5. The zero-order valence-electron chi connectivity index (χ0n) is 10.5. The largest absolute Gasteiger partial charge is 0.469 e. The molecule has 0 spiro atoms. The number of methoxy groups -OCH3 is 1. The van der Waals surface area contributed by atoms with E-state index in [1.807, 2.05) is 0 Å². The monoisotopic (exact) mass is 233 g/mol. The van der Waals surface area contributed by atoms with E-state index in [2.05, 4.69) is 36.1 Å². The van der Waals surface area contributed by atoms with E-state index in [4.69, 9.17) is 4.74 Å².